The summed E-state index contributed by atoms with van der Waals surface area (Å²) < 4.78 is 14.6. The second-order valence-electron chi connectivity index (χ2n) is 5.72. The second kappa shape index (κ2) is 9.60. The molecule has 0 aromatic carbocycles. The molecule has 0 aliphatic carbocycles. The average Bonchev–Trinajstić information content (AvgIpc) is 2.69. The van der Waals surface area contributed by atoms with Gasteiger partial charge < -0.3 is 9.05 Å². The van der Waals surface area contributed by atoms with Crippen LogP contribution in [0, 0.1) is 11.3 Å². The van der Waals surface area contributed by atoms with E-state index in [-0.39, 0.29) is 6.10 Å². The van der Waals surface area contributed by atoms with Crippen LogP contribution in [0.25, 0.3) is 0 Å². The SMILES string of the molecule is CC(C)N(C(C)C)P(OCCC#N)OC1[C@H](C)SS[C@@H]1C. The van der Waals surface area contributed by atoms with E-state index < -0.39 is 8.53 Å². The van der Waals surface area contributed by atoms with Gasteiger partial charge in [0.15, 0.2) is 0 Å². The van der Waals surface area contributed by atoms with Crippen LogP contribution >= 0.6 is 30.1 Å². The van der Waals surface area contributed by atoms with Crippen molar-refractivity contribution in [2.24, 2.45) is 0 Å². The van der Waals surface area contributed by atoms with Crippen LogP contribution in [0.2, 0.25) is 0 Å². The topological polar surface area (TPSA) is 45.5 Å². The third kappa shape index (κ3) is 5.89. The number of hydrogen-bond donors (Lipinski definition) is 0. The first-order valence-corrected chi connectivity index (χ1v) is 10.9. The van der Waals surface area contributed by atoms with E-state index in [2.05, 4.69) is 52.3 Å². The van der Waals surface area contributed by atoms with Crippen molar-refractivity contribution in [3.63, 3.8) is 0 Å². The molecular weight excluding hydrogens is 323 g/mol. The molecule has 4 nitrogen and oxygen atoms in total. The molecule has 122 valence electrons. The molecule has 1 fully saturated rings. The van der Waals surface area contributed by atoms with E-state index in [1.165, 1.54) is 0 Å². The number of rotatable bonds is 8. The largest absolute Gasteiger partial charge is 0.321 e. The van der Waals surface area contributed by atoms with E-state index in [4.69, 9.17) is 14.3 Å². The first-order chi connectivity index (χ1) is 9.88. The Labute approximate surface area is 138 Å². The van der Waals surface area contributed by atoms with Gasteiger partial charge in [0.1, 0.15) is 0 Å². The summed E-state index contributed by atoms with van der Waals surface area (Å²) in [4.78, 5) is 0. The van der Waals surface area contributed by atoms with Gasteiger partial charge in [0.05, 0.1) is 25.2 Å². The van der Waals surface area contributed by atoms with Crippen LogP contribution in [0.1, 0.15) is 48.0 Å². The minimum atomic E-state index is -1.12. The molecule has 7 heteroatoms. The third-order valence-corrected chi connectivity index (χ3v) is 8.70. The Balaban J connectivity index is 2.77. The summed E-state index contributed by atoms with van der Waals surface area (Å²) in [5, 5.41) is 9.66. The molecule has 0 aromatic heterocycles. The Morgan fingerprint density at radius 1 is 1.14 bits per heavy atom. The van der Waals surface area contributed by atoms with Crippen molar-refractivity contribution in [1.29, 1.82) is 5.26 Å². The third-order valence-electron chi connectivity index (χ3n) is 3.16. The molecule has 1 rings (SSSR count). The van der Waals surface area contributed by atoms with Crippen molar-refractivity contribution in [3.05, 3.63) is 0 Å². The average molecular weight is 350 g/mol. The van der Waals surface area contributed by atoms with E-state index in [0.717, 1.165) is 0 Å². The number of nitrogens with zero attached hydrogens (tertiary/aromatic N) is 2. The number of hydrogen-bond acceptors (Lipinski definition) is 6. The maximum atomic E-state index is 8.72. The predicted molar refractivity (Wildman–Crippen MR) is 94.2 cm³/mol. The maximum absolute atomic E-state index is 8.72. The lowest BCUT2D eigenvalue weighted by Crippen LogP contribution is -2.36. The van der Waals surface area contributed by atoms with Crippen LogP contribution < -0.4 is 0 Å². The van der Waals surface area contributed by atoms with Gasteiger partial charge in [-0.3, -0.25) is 0 Å². The Kier molecular flexibility index (Phi) is 8.93. The van der Waals surface area contributed by atoms with Crippen LogP contribution in [0.15, 0.2) is 0 Å². The molecule has 0 aromatic rings. The zero-order valence-corrected chi connectivity index (χ0v) is 16.3. The lowest BCUT2D eigenvalue weighted by molar-refractivity contribution is 0.134. The van der Waals surface area contributed by atoms with E-state index in [1.807, 2.05) is 21.6 Å². The molecule has 0 N–H and O–H groups in total. The zero-order valence-electron chi connectivity index (χ0n) is 13.8. The molecule has 1 aliphatic heterocycles. The van der Waals surface area contributed by atoms with Gasteiger partial charge in [-0.1, -0.05) is 21.6 Å². The molecule has 2 unspecified atom stereocenters. The van der Waals surface area contributed by atoms with Crippen molar-refractivity contribution in [1.82, 2.24) is 4.67 Å². The van der Waals surface area contributed by atoms with Crippen molar-refractivity contribution in [2.75, 3.05) is 6.61 Å². The summed E-state index contributed by atoms with van der Waals surface area (Å²) in [5.41, 5.74) is 0. The molecule has 4 atom stereocenters. The highest BCUT2D eigenvalue weighted by Crippen LogP contribution is 2.53. The highest BCUT2D eigenvalue weighted by Gasteiger charge is 2.38. The van der Waals surface area contributed by atoms with E-state index >= 15 is 0 Å². The summed E-state index contributed by atoms with van der Waals surface area (Å²) in [6, 6.07) is 2.84. The Hall–Kier alpha value is 0.500. The lowest BCUT2D eigenvalue weighted by atomic mass is 10.2. The normalized spacial score (nSPS) is 27.5. The minimum Gasteiger partial charge on any atom is -0.321 e. The van der Waals surface area contributed by atoms with Gasteiger partial charge in [-0.25, -0.2) is 4.67 Å². The number of nitriles is 1. The standard InChI is InChI=1S/C14H27N2O2PS2/c1-10(2)16(11(3)4)19(17-9-7-8-15)18-14-12(5)20-21-13(14)6/h10-14H,7,9H2,1-6H3/t12-,13+,14?,19?. The van der Waals surface area contributed by atoms with E-state index in [1.54, 1.807) is 0 Å². The van der Waals surface area contributed by atoms with Crippen molar-refractivity contribution in [2.45, 2.75) is 76.7 Å². The Morgan fingerprint density at radius 3 is 2.10 bits per heavy atom. The summed E-state index contributed by atoms with van der Waals surface area (Å²) in [6.07, 6.45) is 0.610. The first kappa shape index (κ1) is 19.5. The summed E-state index contributed by atoms with van der Waals surface area (Å²) in [7, 11) is 2.65. The highest BCUT2D eigenvalue weighted by molar-refractivity contribution is 8.77. The van der Waals surface area contributed by atoms with Crippen molar-refractivity contribution in [3.8, 4) is 6.07 Å². The van der Waals surface area contributed by atoms with Gasteiger partial charge in [0, 0.05) is 22.6 Å². The van der Waals surface area contributed by atoms with Gasteiger partial charge in [-0.2, -0.15) is 5.26 Å². The highest BCUT2D eigenvalue weighted by atomic mass is 33.1. The molecule has 1 heterocycles. The molecule has 1 saturated heterocycles. The van der Waals surface area contributed by atoms with E-state index in [0.29, 0.717) is 35.6 Å². The predicted octanol–water partition coefficient (Wildman–Crippen LogP) is 4.82. The molecule has 21 heavy (non-hydrogen) atoms. The first-order valence-electron chi connectivity index (χ1n) is 7.45. The smallest absolute Gasteiger partial charge is 0.259 e. The van der Waals surface area contributed by atoms with Crippen LogP contribution in [0.5, 0.6) is 0 Å². The molecule has 0 radical (unpaired) electrons. The fraction of sp³-hybridized carbons (Fsp3) is 0.929. The fourth-order valence-electron chi connectivity index (χ4n) is 2.24. The molecular formula is C14H27N2O2PS2. The molecule has 0 amide bonds. The van der Waals surface area contributed by atoms with Crippen molar-refractivity contribution >= 4 is 30.1 Å². The van der Waals surface area contributed by atoms with Crippen molar-refractivity contribution < 1.29 is 9.05 Å². The van der Waals surface area contributed by atoms with Gasteiger partial charge >= 0.3 is 0 Å². The summed E-state index contributed by atoms with van der Waals surface area (Å²) >= 11 is 0. The zero-order chi connectivity index (χ0) is 16.0. The van der Waals surface area contributed by atoms with Crippen LogP contribution in [0.3, 0.4) is 0 Å². The summed E-state index contributed by atoms with van der Waals surface area (Å²) in [5.74, 6) is 0. The Bertz CT molecular complexity index is 334. The quantitative estimate of drug-likeness (QED) is 0.355. The second-order valence-corrected chi connectivity index (χ2v) is 10.2. The van der Waals surface area contributed by atoms with Crippen LogP contribution in [0.4, 0.5) is 0 Å². The van der Waals surface area contributed by atoms with Gasteiger partial charge in [-0.05, 0) is 41.5 Å². The van der Waals surface area contributed by atoms with E-state index in [9.17, 15) is 0 Å². The van der Waals surface area contributed by atoms with Crippen LogP contribution in [-0.2, 0) is 9.05 Å². The fourth-order valence-corrected chi connectivity index (χ4v) is 7.24. The Morgan fingerprint density at radius 2 is 1.67 bits per heavy atom. The van der Waals surface area contributed by atoms with Crippen LogP contribution in [-0.4, -0.2) is 40.0 Å². The summed E-state index contributed by atoms with van der Waals surface area (Å²) in [6.45, 7) is 13.5. The van der Waals surface area contributed by atoms with Gasteiger partial charge in [0.2, 0.25) is 0 Å². The molecule has 0 saturated carbocycles. The minimum absolute atomic E-state index is 0.202. The maximum Gasteiger partial charge on any atom is 0.259 e. The van der Waals surface area contributed by atoms with Gasteiger partial charge in [-0.15, -0.1) is 0 Å². The van der Waals surface area contributed by atoms with Gasteiger partial charge in [0.25, 0.3) is 8.53 Å². The molecule has 0 spiro atoms. The molecule has 1 aliphatic rings. The molecule has 0 bridgehead atoms. The lowest BCUT2D eigenvalue weighted by Gasteiger charge is -2.37. The monoisotopic (exact) mass is 350 g/mol.